The van der Waals surface area contributed by atoms with Gasteiger partial charge in [-0.15, -0.1) is 0 Å². The molecule has 0 aromatic heterocycles. The number of hydrogen-bond donors (Lipinski definition) is 0. The average Bonchev–Trinajstić information content (AvgIpc) is 2.75. The molecule has 0 spiro atoms. The van der Waals surface area contributed by atoms with Crippen molar-refractivity contribution in [3.63, 3.8) is 0 Å². The monoisotopic (exact) mass is 484 g/mol. The van der Waals surface area contributed by atoms with Gasteiger partial charge in [0.25, 0.3) is 0 Å². The smallest absolute Gasteiger partial charge is 0.361 e. The minimum atomic E-state index is -5.67. The topological polar surface area (TPSA) is 26.3 Å². The van der Waals surface area contributed by atoms with E-state index in [1.54, 1.807) is 56.3 Å². The fourth-order valence-electron chi connectivity index (χ4n) is 3.64. The second-order valence-electron chi connectivity index (χ2n) is 7.85. The Morgan fingerprint density at radius 3 is 1.88 bits per heavy atom. The molecule has 0 N–H and O–H groups in total. The molecule has 0 saturated heterocycles. The molecule has 0 amide bonds. The van der Waals surface area contributed by atoms with Gasteiger partial charge in [-0.1, -0.05) is 59.7 Å². The van der Waals surface area contributed by atoms with Crippen LogP contribution >= 0.6 is 0 Å². The van der Waals surface area contributed by atoms with Crippen LogP contribution in [0, 0.1) is 37.1 Å². The van der Waals surface area contributed by atoms with E-state index < -0.39 is 58.9 Å². The van der Waals surface area contributed by atoms with E-state index in [9.17, 15) is 35.5 Å². The lowest BCUT2D eigenvalue weighted by molar-refractivity contribution is -0.143. The molecule has 0 heterocycles. The zero-order valence-electron chi connectivity index (χ0n) is 18.1. The van der Waals surface area contributed by atoms with Crippen LogP contribution in [-0.2, 0) is 28.7 Å². The number of benzene rings is 3. The molecule has 0 aliphatic heterocycles. The number of carbonyl (C=O) groups excluding carboxylic acids is 1. The zero-order chi connectivity index (χ0) is 25.2. The summed E-state index contributed by atoms with van der Waals surface area (Å²) < 4.78 is 101. The summed E-state index contributed by atoms with van der Waals surface area (Å²) in [6.07, 6.45) is -8.29. The number of Topliss-reactive ketones (excluding diaryl/α,β-unsaturated/α-hetero) is 1. The maximum atomic E-state index is 14.4. The van der Waals surface area contributed by atoms with Crippen LogP contribution < -0.4 is 0 Å². The van der Waals surface area contributed by atoms with E-state index in [2.05, 4.69) is 0 Å². The summed E-state index contributed by atoms with van der Waals surface area (Å²) in [5, 5.41) is 0. The number of ketones is 1. The minimum absolute atomic E-state index is 0.0784. The van der Waals surface area contributed by atoms with Gasteiger partial charge in [-0.2, -0.15) is 13.2 Å². The van der Waals surface area contributed by atoms with Crippen LogP contribution in [0.3, 0.4) is 0 Å². The van der Waals surface area contributed by atoms with E-state index >= 15 is 0 Å². The van der Waals surface area contributed by atoms with Crippen molar-refractivity contribution in [3.8, 4) is 0 Å². The largest absolute Gasteiger partial charge is 0.422 e. The maximum Gasteiger partial charge on any atom is 0.422 e. The molecule has 180 valence electrons. The molecule has 0 bridgehead atoms. The highest BCUT2D eigenvalue weighted by Gasteiger charge is 2.42. The summed E-state index contributed by atoms with van der Waals surface area (Å²) in [6.45, 7) is 3.41. The quantitative estimate of drug-likeness (QED) is 0.268. The van der Waals surface area contributed by atoms with E-state index in [0.717, 1.165) is 11.1 Å². The van der Waals surface area contributed by atoms with Gasteiger partial charge in [-0.3, -0.25) is 4.79 Å². The summed E-state index contributed by atoms with van der Waals surface area (Å²) in [4.78, 5) is 13.0. The first-order chi connectivity index (χ1) is 15.9. The lowest BCUT2D eigenvalue weighted by Crippen LogP contribution is -2.22. The average molecular weight is 484 g/mol. The van der Waals surface area contributed by atoms with E-state index in [0.29, 0.717) is 11.1 Å². The Labute approximate surface area is 191 Å². The molecule has 0 fully saturated rings. The van der Waals surface area contributed by atoms with Gasteiger partial charge in [0.1, 0.15) is 11.7 Å². The second-order valence-corrected chi connectivity index (χ2v) is 7.85. The third kappa shape index (κ3) is 5.47. The van der Waals surface area contributed by atoms with Gasteiger partial charge in [0, 0.05) is 12.0 Å². The summed E-state index contributed by atoms with van der Waals surface area (Å²) in [5.41, 5.74) is -1.63. The fraction of sp³-hybridized carbons (Fsp3) is 0.240. The lowest BCUT2D eigenvalue weighted by Gasteiger charge is -2.20. The number of rotatable bonds is 7. The fourth-order valence-corrected chi connectivity index (χ4v) is 3.64. The van der Waals surface area contributed by atoms with Crippen LogP contribution in [0.4, 0.5) is 30.7 Å². The number of alkyl halides is 3. The summed E-state index contributed by atoms with van der Waals surface area (Å²) in [5.74, 6) is -10.8. The number of hydrogen-bond acceptors (Lipinski definition) is 2. The van der Waals surface area contributed by atoms with Crippen molar-refractivity contribution in [1.82, 2.24) is 0 Å². The highest BCUT2D eigenvalue weighted by Crippen LogP contribution is 2.37. The van der Waals surface area contributed by atoms with Gasteiger partial charge in [-0.05, 0) is 25.0 Å². The molecular weight excluding hydrogens is 465 g/mol. The van der Waals surface area contributed by atoms with Gasteiger partial charge in [0.2, 0.25) is 0 Å². The Bertz CT molecular complexity index is 1150. The zero-order valence-corrected chi connectivity index (χ0v) is 18.1. The number of ether oxygens (including phenoxy) is 1. The van der Waals surface area contributed by atoms with Gasteiger partial charge in [0.15, 0.2) is 29.1 Å². The predicted molar refractivity (Wildman–Crippen MR) is 110 cm³/mol. The van der Waals surface area contributed by atoms with Crippen molar-refractivity contribution in [2.75, 3.05) is 0 Å². The molecule has 0 aliphatic rings. The van der Waals surface area contributed by atoms with E-state index in [-0.39, 0.29) is 6.61 Å². The van der Waals surface area contributed by atoms with E-state index in [1.807, 2.05) is 6.07 Å². The van der Waals surface area contributed by atoms with Crippen LogP contribution in [0.2, 0.25) is 0 Å². The van der Waals surface area contributed by atoms with Crippen LogP contribution in [0.25, 0.3) is 0 Å². The van der Waals surface area contributed by atoms with Gasteiger partial charge < -0.3 is 4.74 Å². The Balaban J connectivity index is 2.00. The molecule has 9 heteroatoms. The van der Waals surface area contributed by atoms with Crippen LogP contribution in [0.15, 0.2) is 48.5 Å². The van der Waals surface area contributed by atoms with Crippen molar-refractivity contribution in [2.24, 2.45) is 0 Å². The molecule has 0 aliphatic carbocycles. The normalized spacial score (nSPS) is 12.6. The highest BCUT2D eigenvalue weighted by molar-refractivity contribution is 5.86. The van der Waals surface area contributed by atoms with Crippen LogP contribution in [0.5, 0.6) is 0 Å². The van der Waals surface area contributed by atoms with Crippen molar-refractivity contribution in [1.29, 1.82) is 0 Å². The van der Waals surface area contributed by atoms with Crippen molar-refractivity contribution >= 4 is 5.78 Å². The van der Waals surface area contributed by atoms with Crippen LogP contribution in [0.1, 0.15) is 39.5 Å². The van der Waals surface area contributed by atoms with Crippen molar-refractivity contribution in [2.45, 2.75) is 39.2 Å². The van der Waals surface area contributed by atoms with Gasteiger partial charge >= 0.3 is 6.18 Å². The minimum Gasteiger partial charge on any atom is -0.361 e. The van der Waals surface area contributed by atoms with Crippen LogP contribution in [-0.4, -0.2) is 5.78 Å². The number of aryl methyl sites for hydroxylation is 2. The Hall–Kier alpha value is -3.20. The van der Waals surface area contributed by atoms with E-state index in [4.69, 9.17) is 4.74 Å². The third-order valence-corrected chi connectivity index (χ3v) is 5.09. The van der Waals surface area contributed by atoms with Gasteiger partial charge in [0.05, 0.1) is 6.61 Å². The third-order valence-electron chi connectivity index (χ3n) is 5.09. The molecule has 2 nitrogen and oxygen atoms in total. The summed E-state index contributed by atoms with van der Waals surface area (Å²) >= 11 is 0. The highest BCUT2D eigenvalue weighted by atomic mass is 19.4. The first kappa shape index (κ1) is 25.4. The molecule has 3 aromatic rings. The first-order valence-corrected chi connectivity index (χ1v) is 10.1. The number of halogens is 7. The molecular formula is C25H19F7O2. The SMILES string of the molecule is Cc1cc(C)cc(C(OCc2ccccc2)C(=O)Cc2c(F)c(F)c(C(F)(F)F)c(F)c2F)c1. The Kier molecular flexibility index (Phi) is 7.45. The molecule has 3 aromatic carbocycles. The molecule has 0 saturated carbocycles. The second kappa shape index (κ2) is 9.97. The molecule has 1 unspecified atom stereocenters. The first-order valence-electron chi connectivity index (χ1n) is 10.1. The van der Waals surface area contributed by atoms with Gasteiger partial charge in [-0.25, -0.2) is 17.6 Å². The van der Waals surface area contributed by atoms with E-state index in [1.165, 1.54) is 0 Å². The molecule has 0 radical (unpaired) electrons. The van der Waals surface area contributed by atoms with Crippen molar-refractivity contribution < 1.29 is 40.3 Å². The Morgan fingerprint density at radius 1 is 0.853 bits per heavy atom. The standard InChI is InChI=1S/C25H19F7O2/c1-13-8-14(2)10-16(9-13)24(34-12-15-6-4-3-5-7-15)18(33)11-17-20(26)22(28)19(25(30,31)32)23(29)21(17)27/h3-10,24H,11-12H2,1-2H3. The number of carbonyl (C=O) groups is 1. The molecule has 3 rings (SSSR count). The molecule has 1 atom stereocenters. The lowest BCUT2D eigenvalue weighted by atomic mass is 9.95. The summed E-state index contributed by atoms with van der Waals surface area (Å²) in [7, 11) is 0. The van der Waals surface area contributed by atoms with Crippen molar-refractivity contribution in [3.05, 3.63) is 105 Å². The Morgan fingerprint density at radius 2 is 1.38 bits per heavy atom. The molecule has 34 heavy (non-hydrogen) atoms. The predicted octanol–water partition coefficient (Wildman–Crippen LogP) is 6.95. The maximum absolute atomic E-state index is 14.4. The summed E-state index contributed by atoms with van der Waals surface area (Å²) in [6, 6.07) is 13.6.